The van der Waals surface area contributed by atoms with E-state index in [-0.39, 0.29) is 29.4 Å². The van der Waals surface area contributed by atoms with Crippen molar-refractivity contribution in [3.63, 3.8) is 0 Å². The van der Waals surface area contributed by atoms with Crippen molar-refractivity contribution in [3.8, 4) is 22.6 Å². The Bertz CT molecular complexity index is 1230. The molecule has 0 spiro atoms. The van der Waals surface area contributed by atoms with Crippen LogP contribution in [0, 0.1) is 0 Å². The Morgan fingerprint density at radius 2 is 1.48 bits per heavy atom. The van der Waals surface area contributed by atoms with Crippen molar-refractivity contribution in [2.75, 3.05) is 0 Å². The zero-order chi connectivity index (χ0) is 22.2. The first-order chi connectivity index (χ1) is 14.8. The topological polar surface area (TPSA) is 127 Å². The van der Waals surface area contributed by atoms with Crippen molar-refractivity contribution in [1.82, 2.24) is 9.79 Å². The summed E-state index contributed by atoms with van der Waals surface area (Å²) >= 11 is 0. The van der Waals surface area contributed by atoms with E-state index in [0.717, 1.165) is 15.4 Å². The van der Waals surface area contributed by atoms with Crippen molar-refractivity contribution in [2.45, 2.75) is 23.9 Å². The average molecular weight is 440 g/mol. The summed E-state index contributed by atoms with van der Waals surface area (Å²) in [6.45, 7) is -0.204. The van der Waals surface area contributed by atoms with Crippen molar-refractivity contribution in [2.24, 2.45) is 0 Å². The Morgan fingerprint density at radius 3 is 2.10 bits per heavy atom. The molecule has 1 aliphatic heterocycles. The fourth-order valence-electron chi connectivity index (χ4n) is 3.72. The van der Waals surface area contributed by atoms with Crippen LogP contribution in [0.15, 0.2) is 71.6 Å². The molecule has 4 rings (SSSR count). The summed E-state index contributed by atoms with van der Waals surface area (Å²) in [5, 5.41) is 28.7. The van der Waals surface area contributed by atoms with E-state index in [2.05, 4.69) is 0 Å². The van der Waals surface area contributed by atoms with Gasteiger partial charge in [-0.3, -0.25) is 10.0 Å². The number of hydrogen-bond acceptors (Lipinski definition) is 6. The van der Waals surface area contributed by atoms with Gasteiger partial charge in [0.15, 0.2) is 11.5 Å². The smallest absolute Gasteiger partial charge is 0.262 e. The normalized spacial score (nSPS) is 16.5. The third-order valence-corrected chi connectivity index (χ3v) is 7.23. The Balaban J connectivity index is 1.72. The Labute approximate surface area is 179 Å². The molecule has 1 atom stereocenters. The number of hydroxylamine groups is 1. The van der Waals surface area contributed by atoms with Crippen LogP contribution in [0.4, 0.5) is 0 Å². The molecule has 1 aliphatic rings. The molecule has 0 radical (unpaired) electrons. The maximum absolute atomic E-state index is 13.4. The van der Waals surface area contributed by atoms with E-state index >= 15 is 0 Å². The molecule has 8 nitrogen and oxygen atoms in total. The highest BCUT2D eigenvalue weighted by atomic mass is 32.2. The lowest BCUT2D eigenvalue weighted by Gasteiger charge is -2.34. The van der Waals surface area contributed by atoms with E-state index in [1.165, 1.54) is 29.7 Å². The van der Waals surface area contributed by atoms with Gasteiger partial charge in [-0.1, -0.05) is 42.5 Å². The monoisotopic (exact) mass is 440 g/mol. The summed E-state index contributed by atoms with van der Waals surface area (Å²) in [4.78, 5) is 12.3. The highest BCUT2D eigenvalue weighted by molar-refractivity contribution is 7.89. The molecule has 31 heavy (non-hydrogen) atoms. The number of rotatable bonds is 4. The van der Waals surface area contributed by atoms with E-state index in [9.17, 15) is 23.4 Å². The van der Waals surface area contributed by atoms with Crippen molar-refractivity contribution < 1.29 is 28.6 Å². The highest BCUT2D eigenvalue weighted by Crippen LogP contribution is 2.35. The predicted octanol–water partition coefficient (Wildman–Crippen LogP) is 2.39. The molecular formula is C22H20N2O6S. The van der Waals surface area contributed by atoms with Gasteiger partial charge in [0.2, 0.25) is 10.0 Å². The van der Waals surface area contributed by atoms with Crippen LogP contribution in [0.2, 0.25) is 0 Å². The number of phenols is 2. The summed E-state index contributed by atoms with van der Waals surface area (Å²) in [6.07, 6.45) is -0.0725. The van der Waals surface area contributed by atoms with E-state index in [1.54, 1.807) is 12.1 Å². The molecule has 0 unspecified atom stereocenters. The van der Waals surface area contributed by atoms with Crippen molar-refractivity contribution in [3.05, 3.63) is 77.9 Å². The van der Waals surface area contributed by atoms with Gasteiger partial charge < -0.3 is 10.2 Å². The molecular weight excluding hydrogens is 420 g/mol. The molecule has 0 bridgehead atoms. The largest absolute Gasteiger partial charge is 0.504 e. The molecule has 0 aliphatic carbocycles. The molecule has 3 aromatic carbocycles. The number of sulfonamides is 1. The van der Waals surface area contributed by atoms with Crippen molar-refractivity contribution >= 4 is 15.9 Å². The van der Waals surface area contributed by atoms with Crippen LogP contribution in [0.3, 0.4) is 0 Å². The van der Waals surface area contributed by atoms with Crippen LogP contribution in [0.5, 0.6) is 11.5 Å². The van der Waals surface area contributed by atoms with Gasteiger partial charge in [0.1, 0.15) is 6.04 Å². The minimum atomic E-state index is -4.11. The predicted molar refractivity (Wildman–Crippen MR) is 112 cm³/mol. The average Bonchev–Trinajstić information content (AvgIpc) is 2.79. The fraction of sp³-hybridized carbons (Fsp3) is 0.136. The third kappa shape index (κ3) is 3.86. The molecule has 160 valence electrons. The van der Waals surface area contributed by atoms with Crippen LogP contribution in [-0.4, -0.2) is 40.1 Å². The first kappa shape index (κ1) is 20.9. The number of nitrogens with one attached hydrogen (secondary N) is 1. The quantitative estimate of drug-likeness (QED) is 0.280. The molecule has 1 amide bonds. The Morgan fingerprint density at radius 1 is 0.903 bits per heavy atom. The van der Waals surface area contributed by atoms with Gasteiger partial charge >= 0.3 is 0 Å². The summed E-state index contributed by atoms with van der Waals surface area (Å²) in [5.74, 6) is -1.63. The molecule has 9 heteroatoms. The van der Waals surface area contributed by atoms with Gasteiger partial charge in [-0.2, -0.15) is 4.31 Å². The van der Waals surface area contributed by atoms with Crippen LogP contribution in [0.25, 0.3) is 11.1 Å². The number of benzene rings is 3. The Kier molecular flexibility index (Phi) is 5.40. The number of aromatic hydroxyl groups is 2. The molecule has 0 saturated heterocycles. The number of carbonyl (C=O) groups excluding carboxylic acids is 1. The van der Waals surface area contributed by atoms with Gasteiger partial charge in [-0.05, 0) is 52.9 Å². The minimum absolute atomic E-state index is 0.00521. The molecule has 0 fully saturated rings. The van der Waals surface area contributed by atoms with E-state index in [1.807, 2.05) is 30.3 Å². The number of fused-ring (bicyclic) bond motifs is 1. The van der Waals surface area contributed by atoms with Gasteiger partial charge in [0.05, 0.1) is 4.90 Å². The molecule has 0 aromatic heterocycles. The van der Waals surface area contributed by atoms with Gasteiger partial charge in [0, 0.05) is 6.54 Å². The molecule has 4 N–H and O–H groups in total. The van der Waals surface area contributed by atoms with Gasteiger partial charge in [-0.15, -0.1) is 0 Å². The first-order valence-electron chi connectivity index (χ1n) is 9.46. The van der Waals surface area contributed by atoms with Crippen LogP contribution in [0.1, 0.15) is 11.1 Å². The summed E-state index contributed by atoms with van der Waals surface area (Å²) in [5.41, 5.74) is 4.27. The van der Waals surface area contributed by atoms with Crippen molar-refractivity contribution in [1.29, 1.82) is 0 Å². The lowest BCUT2D eigenvalue weighted by atomic mass is 9.95. The van der Waals surface area contributed by atoms with Crippen LogP contribution >= 0.6 is 0 Å². The summed E-state index contributed by atoms with van der Waals surface area (Å²) < 4.78 is 27.7. The number of nitrogens with zero attached hydrogens (tertiary/aromatic N) is 1. The highest BCUT2D eigenvalue weighted by Gasteiger charge is 2.40. The maximum atomic E-state index is 13.4. The zero-order valence-corrected chi connectivity index (χ0v) is 17.1. The van der Waals surface area contributed by atoms with Gasteiger partial charge in [0.25, 0.3) is 5.91 Å². The van der Waals surface area contributed by atoms with E-state index in [0.29, 0.717) is 11.1 Å². The van der Waals surface area contributed by atoms with E-state index < -0.39 is 22.0 Å². The summed E-state index contributed by atoms with van der Waals surface area (Å²) in [6, 6.07) is 17.1. The number of amides is 1. The minimum Gasteiger partial charge on any atom is -0.504 e. The van der Waals surface area contributed by atoms with Crippen LogP contribution in [-0.2, 0) is 27.8 Å². The SMILES string of the molecule is O=C(NO)[C@H]1Cc2cc(O)c(O)cc2CN1S(=O)(=O)c1ccc(-c2ccccc2)cc1. The molecule has 3 aromatic rings. The number of phenolic OH excluding ortho intramolecular Hbond substituents is 2. The number of hydrogen-bond donors (Lipinski definition) is 4. The standard InChI is InChI=1S/C22H20N2O6S/c25-20-11-16-10-19(22(27)23-28)24(13-17(16)12-21(20)26)31(29,30)18-8-6-15(7-9-18)14-4-2-1-3-5-14/h1-9,11-12,19,25-26,28H,10,13H2,(H,23,27)/t19-/m1/s1. The Hall–Kier alpha value is -3.40. The van der Waals surface area contributed by atoms with Crippen LogP contribution < -0.4 is 5.48 Å². The third-order valence-electron chi connectivity index (χ3n) is 5.36. The summed E-state index contributed by atoms with van der Waals surface area (Å²) in [7, 11) is -4.11. The lowest BCUT2D eigenvalue weighted by molar-refractivity contribution is -0.133. The molecule has 0 saturated carbocycles. The second-order valence-corrected chi connectivity index (χ2v) is 9.14. The first-order valence-corrected chi connectivity index (χ1v) is 10.9. The van der Waals surface area contributed by atoms with Gasteiger partial charge in [-0.25, -0.2) is 13.9 Å². The maximum Gasteiger partial charge on any atom is 0.262 e. The van der Waals surface area contributed by atoms with E-state index in [4.69, 9.17) is 5.21 Å². The molecule has 1 heterocycles. The second kappa shape index (κ2) is 8.03. The second-order valence-electron chi connectivity index (χ2n) is 7.25. The lowest BCUT2D eigenvalue weighted by Crippen LogP contribution is -2.51. The number of carbonyl (C=O) groups is 1. The zero-order valence-electron chi connectivity index (χ0n) is 16.3. The fourth-order valence-corrected chi connectivity index (χ4v) is 5.29.